The highest BCUT2D eigenvalue weighted by molar-refractivity contribution is 6.62. The summed E-state index contributed by atoms with van der Waals surface area (Å²) in [5.41, 5.74) is 0.353. The lowest BCUT2D eigenvalue weighted by Gasteiger charge is -2.32. The van der Waals surface area contributed by atoms with Gasteiger partial charge in [-0.1, -0.05) is 6.07 Å². The van der Waals surface area contributed by atoms with E-state index in [-0.39, 0.29) is 5.82 Å². The molecule has 1 heterocycles. The van der Waals surface area contributed by atoms with E-state index in [0.717, 1.165) is 0 Å². The summed E-state index contributed by atoms with van der Waals surface area (Å²) in [5.74, 6) is -0.301. The summed E-state index contributed by atoms with van der Waals surface area (Å²) in [7, 11) is 1.17. The molecule has 98 valence electrons. The summed E-state index contributed by atoms with van der Waals surface area (Å²) in [5, 5.41) is 2.79. The molecular formula is C13H19BFNO2. The van der Waals surface area contributed by atoms with Gasteiger partial charge in [0.25, 0.3) is 0 Å². The Morgan fingerprint density at radius 3 is 2.11 bits per heavy atom. The molecule has 18 heavy (non-hydrogen) atoms. The van der Waals surface area contributed by atoms with Gasteiger partial charge in [0.05, 0.1) is 16.9 Å². The quantitative estimate of drug-likeness (QED) is 0.817. The molecule has 1 fully saturated rings. The van der Waals surface area contributed by atoms with Gasteiger partial charge in [-0.25, -0.2) is 4.39 Å². The van der Waals surface area contributed by atoms with Gasteiger partial charge in [0.2, 0.25) is 0 Å². The van der Waals surface area contributed by atoms with Gasteiger partial charge in [-0.05, 0) is 45.3 Å². The molecule has 0 aliphatic carbocycles. The Balaban J connectivity index is 2.27. The van der Waals surface area contributed by atoms with Crippen LogP contribution in [0, 0.1) is 5.82 Å². The summed E-state index contributed by atoms with van der Waals surface area (Å²) in [4.78, 5) is 0. The van der Waals surface area contributed by atoms with Crippen molar-refractivity contribution >= 4 is 18.3 Å². The van der Waals surface area contributed by atoms with Crippen molar-refractivity contribution in [1.29, 1.82) is 0 Å². The van der Waals surface area contributed by atoms with Crippen molar-refractivity contribution in [3.05, 3.63) is 24.0 Å². The van der Waals surface area contributed by atoms with E-state index in [0.29, 0.717) is 11.2 Å². The number of hydrogen-bond donors (Lipinski definition) is 1. The maximum Gasteiger partial charge on any atom is 0.494 e. The molecule has 2 rings (SSSR count). The Morgan fingerprint density at radius 1 is 1.11 bits per heavy atom. The molecule has 0 saturated carbocycles. The lowest BCUT2D eigenvalue weighted by Crippen LogP contribution is -2.41. The van der Waals surface area contributed by atoms with Crippen LogP contribution in [0.15, 0.2) is 18.2 Å². The van der Waals surface area contributed by atoms with E-state index >= 15 is 0 Å². The molecule has 1 aromatic carbocycles. The molecule has 0 radical (unpaired) electrons. The predicted octanol–water partition coefficient (Wildman–Crippen LogP) is 2.17. The summed E-state index contributed by atoms with van der Waals surface area (Å²) in [6, 6.07) is 4.96. The predicted molar refractivity (Wildman–Crippen MR) is 71.7 cm³/mol. The minimum Gasteiger partial charge on any atom is -0.399 e. The van der Waals surface area contributed by atoms with Gasteiger partial charge in [0, 0.05) is 7.05 Å². The third-order valence-electron chi connectivity index (χ3n) is 3.79. The first-order chi connectivity index (χ1) is 8.27. The number of halogens is 1. The Hall–Kier alpha value is -1.07. The zero-order valence-electron chi connectivity index (χ0n) is 11.5. The summed E-state index contributed by atoms with van der Waals surface area (Å²) in [6.45, 7) is 7.91. The number of nitrogens with one attached hydrogen (secondary N) is 1. The van der Waals surface area contributed by atoms with Gasteiger partial charge in [0.1, 0.15) is 5.82 Å². The molecule has 0 aromatic heterocycles. The highest BCUT2D eigenvalue weighted by atomic mass is 19.1. The fourth-order valence-electron chi connectivity index (χ4n) is 1.86. The zero-order valence-corrected chi connectivity index (χ0v) is 11.5. The molecule has 0 unspecified atom stereocenters. The topological polar surface area (TPSA) is 30.5 Å². The second kappa shape index (κ2) is 4.25. The van der Waals surface area contributed by atoms with Crippen molar-refractivity contribution in [2.45, 2.75) is 38.9 Å². The monoisotopic (exact) mass is 251 g/mol. The van der Waals surface area contributed by atoms with Crippen LogP contribution in [-0.2, 0) is 9.31 Å². The standard InChI is InChI=1S/C13H19BFNO2/c1-12(2)13(3,4)18-14(17-12)9-6-7-11(16-5)10(15)8-9/h6-8,16H,1-5H3. The van der Waals surface area contributed by atoms with Crippen LogP contribution < -0.4 is 10.8 Å². The molecule has 3 nitrogen and oxygen atoms in total. The zero-order chi connectivity index (χ0) is 13.6. The minimum atomic E-state index is -0.518. The van der Waals surface area contributed by atoms with Crippen LogP contribution in [0.3, 0.4) is 0 Å². The van der Waals surface area contributed by atoms with Crippen LogP contribution in [-0.4, -0.2) is 25.4 Å². The van der Waals surface area contributed by atoms with Crippen LogP contribution in [0.5, 0.6) is 0 Å². The third kappa shape index (κ3) is 2.13. The van der Waals surface area contributed by atoms with Gasteiger partial charge in [0.15, 0.2) is 0 Å². The molecule has 1 aromatic rings. The van der Waals surface area contributed by atoms with Crippen molar-refractivity contribution in [1.82, 2.24) is 0 Å². The normalized spacial score (nSPS) is 21.1. The van der Waals surface area contributed by atoms with E-state index < -0.39 is 18.3 Å². The van der Waals surface area contributed by atoms with E-state index in [1.807, 2.05) is 33.8 Å². The van der Waals surface area contributed by atoms with Gasteiger partial charge in [-0.15, -0.1) is 0 Å². The first kappa shape index (κ1) is 13.4. The highest BCUT2D eigenvalue weighted by Crippen LogP contribution is 2.36. The lowest BCUT2D eigenvalue weighted by molar-refractivity contribution is 0.00578. The van der Waals surface area contributed by atoms with Gasteiger partial charge >= 0.3 is 7.12 Å². The van der Waals surface area contributed by atoms with Crippen molar-refractivity contribution in [3.63, 3.8) is 0 Å². The number of hydrogen-bond acceptors (Lipinski definition) is 3. The van der Waals surface area contributed by atoms with Crippen LogP contribution in [0.25, 0.3) is 0 Å². The molecular weight excluding hydrogens is 232 g/mol. The van der Waals surface area contributed by atoms with E-state index in [9.17, 15) is 4.39 Å². The average Bonchev–Trinajstić information content (AvgIpc) is 2.48. The van der Waals surface area contributed by atoms with Gasteiger partial charge < -0.3 is 14.6 Å². The highest BCUT2D eigenvalue weighted by Gasteiger charge is 2.51. The molecule has 0 bridgehead atoms. The Kier molecular flexibility index (Phi) is 3.15. The van der Waals surface area contributed by atoms with E-state index in [2.05, 4.69) is 5.32 Å². The second-order valence-corrected chi connectivity index (χ2v) is 5.58. The lowest BCUT2D eigenvalue weighted by atomic mass is 9.79. The van der Waals surface area contributed by atoms with E-state index in [1.165, 1.54) is 6.07 Å². The Morgan fingerprint density at radius 2 is 1.67 bits per heavy atom. The average molecular weight is 251 g/mol. The first-order valence-corrected chi connectivity index (χ1v) is 6.10. The van der Waals surface area contributed by atoms with E-state index in [4.69, 9.17) is 9.31 Å². The van der Waals surface area contributed by atoms with Gasteiger partial charge in [-0.3, -0.25) is 0 Å². The molecule has 1 N–H and O–H groups in total. The van der Waals surface area contributed by atoms with Crippen LogP contribution >= 0.6 is 0 Å². The summed E-state index contributed by atoms with van der Waals surface area (Å²) < 4.78 is 25.5. The van der Waals surface area contributed by atoms with E-state index in [1.54, 1.807) is 13.1 Å². The molecule has 5 heteroatoms. The smallest absolute Gasteiger partial charge is 0.399 e. The fraction of sp³-hybridized carbons (Fsp3) is 0.538. The third-order valence-corrected chi connectivity index (χ3v) is 3.79. The Bertz CT molecular complexity index is 446. The Labute approximate surface area is 108 Å². The number of anilines is 1. The largest absolute Gasteiger partial charge is 0.494 e. The molecule has 1 aliphatic rings. The minimum absolute atomic E-state index is 0.301. The molecule has 0 spiro atoms. The fourth-order valence-corrected chi connectivity index (χ4v) is 1.86. The summed E-state index contributed by atoms with van der Waals surface area (Å²) in [6.07, 6.45) is 0. The van der Waals surface area contributed by atoms with Crippen LogP contribution in [0.4, 0.5) is 10.1 Å². The van der Waals surface area contributed by atoms with Crippen LogP contribution in [0.1, 0.15) is 27.7 Å². The molecule has 1 saturated heterocycles. The maximum absolute atomic E-state index is 13.7. The summed E-state index contributed by atoms with van der Waals surface area (Å²) >= 11 is 0. The SMILES string of the molecule is CNc1ccc(B2OC(C)(C)C(C)(C)O2)cc1F. The van der Waals surface area contributed by atoms with Crippen LogP contribution in [0.2, 0.25) is 0 Å². The first-order valence-electron chi connectivity index (χ1n) is 6.10. The number of benzene rings is 1. The molecule has 0 amide bonds. The van der Waals surface area contributed by atoms with Gasteiger partial charge in [-0.2, -0.15) is 0 Å². The number of rotatable bonds is 2. The maximum atomic E-state index is 13.7. The second-order valence-electron chi connectivity index (χ2n) is 5.58. The van der Waals surface area contributed by atoms with Crippen molar-refractivity contribution in [2.24, 2.45) is 0 Å². The van der Waals surface area contributed by atoms with Crippen molar-refractivity contribution in [2.75, 3.05) is 12.4 Å². The van der Waals surface area contributed by atoms with Crippen molar-refractivity contribution in [3.8, 4) is 0 Å². The molecule has 0 atom stereocenters. The molecule has 1 aliphatic heterocycles. The van der Waals surface area contributed by atoms with Crippen molar-refractivity contribution < 1.29 is 13.7 Å².